The van der Waals surface area contributed by atoms with Gasteiger partial charge in [0.25, 0.3) is 0 Å². The van der Waals surface area contributed by atoms with Crippen LogP contribution >= 0.6 is 0 Å². The number of anilines is 1. The molecule has 0 amide bonds. The summed E-state index contributed by atoms with van der Waals surface area (Å²) in [5.74, 6) is 0. The van der Waals surface area contributed by atoms with Crippen molar-refractivity contribution in [2.45, 2.75) is 6.42 Å². The highest BCUT2D eigenvalue weighted by Crippen LogP contribution is 2.17. The lowest BCUT2D eigenvalue weighted by molar-refractivity contribution is 0.204. The van der Waals surface area contributed by atoms with Crippen LogP contribution in [0.2, 0.25) is 0 Å². The van der Waals surface area contributed by atoms with Gasteiger partial charge in [-0.25, -0.2) is 0 Å². The van der Waals surface area contributed by atoms with Crippen LogP contribution in [0.4, 0.5) is 5.69 Å². The van der Waals surface area contributed by atoms with Gasteiger partial charge in [0.1, 0.15) is 0 Å². The summed E-state index contributed by atoms with van der Waals surface area (Å²) in [6, 6.07) is 9.95. The van der Waals surface area contributed by atoms with E-state index in [1.54, 1.807) is 0 Å². The SMILES string of the molecule is N#Cc1cccc(N2CCCN(CCO)CC2)c1. The first-order valence-electron chi connectivity index (χ1n) is 6.42. The second kappa shape index (κ2) is 6.39. The minimum Gasteiger partial charge on any atom is -0.395 e. The number of aliphatic hydroxyl groups is 1. The normalized spacial score (nSPS) is 17.2. The molecule has 0 aliphatic carbocycles. The Kier molecular flexibility index (Phi) is 4.57. The molecule has 1 aliphatic heterocycles. The fourth-order valence-corrected chi connectivity index (χ4v) is 2.37. The number of β-amino-alcohol motifs (C(OH)–C–C–N with tert-alkyl or cyclic N) is 1. The van der Waals surface area contributed by atoms with Crippen molar-refractivity contribution in [3.05, 3.63) is 29.8 Å². The Labute approximate surface area is 108 Å². The number of rotatable bonds is 3. The molecule has 0 saturated carbocycles. The third-order valence-electron chi connectivity index (χ3n) is 3.35. The quantitative estimate of drug-likeness (QED) is 0.865. The lowest BCUT2D eigenvalue weighted by atomic mass is 10.2. The second-order valence-corrected chi connectivity index (χ2v) is 4.57. The molecule has 4 heteroatoms. The average molecular weight is 245 g/mol. The Morgan fingerprint density at radius 3 is 2.89 bits per heavy atom. The van der Waals surface area contributed by atoms with Crippen LogP contribution < -0.4 is 4.90 Å². The van der Waals surface area contributed by atoms with E-state index in [-0.39, 0.29) is 6.61 Å². The number of hydrogen-bond acceptors (Lipinski definition) is 4. The third-order valence-corrected chi connectivity index (χ3v) is 3.35. The summed E-state index contributed by atoms with van der Waals surface area (Å²) in [4.78, 5) is 4.60. The van der Waals surface area contributed by atoms with E-state index in [1.807, 2.05) is 18.2 Å². The van der Waals surface area contributed by atoms with Gasteiger partial charge < -0.3 is 10.0 Å². The summed E-state index contributed by atoms with van der Waals surface area (Å²) >= 11 is 0. The van der Waals surface area contributed by atoms with Crippen LogP contribution in [0.3, 0.4) is 0 Å². The van der Waals surface area contributed by atoms with Gasteiger partial charge in [-0.2, -0.15) is 5.26 Å². The van der Waals surface area contributed by atoms with Crippen molar-refractivity contribution in [2.24, 2.45) is 0 Å². The molecule has 0 bridgehead atoms. The lowest BCUT2D eigenvalue weighted by Gasteiger charge is -2.23. The molecule has 18 heavy (non-hydrogen) atoms. The monoisotopic (exact) mass is 245 g/mol. The average Bonchev–Trinajstić information content (AvgIpc) is 2.65. The Bertz CT molecular complexity index is 427. The standard InChI is InChI=1S/C14H19N3O/c15-12-13-3-1-4-14(11-13)17-6-2-5-16(7-8-17)9-10-18/h1,3-4,11,18H,2,5-10H2. The minimum absolute atomic E-state index is 0.226. The third kappa shape index (κ3) is 3.22. The number of nitrogens with zero attached hydrogens (tertiary/aromatic N) is 3. The van der Waals surface area contributed by atoms with Gasteiger partial charge in [-0.3, -0.25) is 4.90 Å². The molecule has 0 aromatic heterocycles. The number of nitriles is 1. The van der Waals surface area contributed by atoms with Crippen LogP contribution in [0.5, 0.6) is 0 Å². The Balaban J connectivity index is 2.03. The molecule has 0 spiro atoms. The van der Waals surface area contributed by atoms with Gasteiger partial charge in [0.05, 0.1) is 18.2 Å². The molecule has 0 atom stereocenters. The maximum atomic E-state index is 8.97. The molecular formula is C14H19N3O. The number of aliphatic hydroxyl groups excluding tert-OH is 1. The summed E-state index contributed by atoms with van der Waals surface area (Å²) in [6.07, 6.45) is 1.09. The number of benzene rings is 1. The molecule has 1 heterocycles. The summed E-state index contributed by atoms with van der Waals surface area (Å²) in [6.45, 7) is 4.95. The van der Waals surface area contributed by atoms with E-state index >= 15 is 0 Å². The topological polar surface area (TPSA) is 50.5 Å². The first-order chi connectivity index (χ1) is 8.83. The molecule has 0 radical (unpaired) electrons. The molecule has 96 valence electrons. The maximum Gasteiger partial charge on any atom is 0.0992 e. The minimum atomic E-state index is 0.226. The zero-order valence-electron chi connectivity index (χ0n) is 10.5. The van der Waals surface area contributed by atoms with E-state index in [2.05, 4.69) is 21.9 Å². The summed E-state index contributed by atoms with van der Waals surface area (Å²) in [7, 11) is 0. The summed E-state index contributed by atoms with van der Waals surface area (Å²) in [5, 5.41) is 17.9. The Morgan fingerprint density at radius 1 is 1.22 bits per heavy atom. The first kappa shape index (κ1) is 12.9. The van der Waals surface area contributed by atoms with Crippen molar-refractivity contribution in [2.75, 3.05) is 44.2 Å². The van der Waals surface area contributed by atoms with Crippen LogP contribution in [0.25, 0.3) is 0 Å². The summed E-state index contributed by atoms with van der Waals surface area (Å²) < 4.78 is 0. The molecular weight excluding hydrogens is 226 g/mol. The second-order valence-electron chi connectivity index (χ2n) is 4.57. The van der Waals surface area contributed by atoms with Gasteiger partial charge in [-0.05, 0) is 31.2 Å². The fourth-order valence-electron chi connectivity index (χ4n) is 2.37. The van der Waals surface area contributed by atoms with Gasteiger partial charge in [0, 0.05) is 31.9 Å². The number of hydrogen-bond donors (Lipinski definition) is 1. The van der Waals surface area contributed by atoms with Crippen molar-refractivity contribution < 1.29 is 5.11 Å². The van der Waals surface area contributed by atoms with E-state index in [4.69, 9.17) is 10.4 Å². The predicted octanol–water partition coefficient (Wildman–Crippen LogP) is 1.06. The van der Waals surface area contributed by atoms with Gasteiger partial charge in [-0.1, -0.05) is 6.07 Å². The molecule has 1 fully saturated rings. The van der Waals surface area contributed by atoms with Crippen LogP contribution in [0, 0.1) is 11.3 Å². The Hall–Kier alpha value is -1.57. The van der Waals surface area contributed by atoms with E-state index in [1.165, 1.54) is 0 Å². The lowest BCUT2D eigenvalue weighted by Crippen LogP contribution is -2.32. The molecule has 1 saturated heterocycles. The van der Waals surface area contributed by atoms with Crippen molar-refractivity contribution in [1.29, 1.82) is 5.26 Å². The van der Waals surface area contributed by atoms with Crippen LogP contribution in [-0.4, -0.2) is 49.3 Å². The predicted molar refractivity (Wildman–Crippen MR) is 71.5 cm³/mol. The van der Waals surface area contributed by atoms with Crippen molar-refractivity contribution in [1.82, 2.24) is 4.90 Å². The highest BCUT2D eigenvalue weighted by molar-refractivity contribution is 5.51. The molecule has 1 aromatic rings. The van der Waals surface area contributed by atoms with Gasteiger partial charge in [0.15, 0.2) is 0 Å². The zero-order chi connectivity index (χ0) is 12.8. The van der Waals surface area contributed by atoms with E-state index < -0.39 is 0 Å². The molecule has 1 aromatic carbocycles. The summed E-state index contributed by atoms with van der Waals surface area (Å²) in [5.41, 5.74) is 1.84. The highest BCUT2D eigenvalue weighted by atomic mass is 16.3. The highest BCUT2D eigenvalue weighted by Gasteiger charge is 2.14. The molecule has 2 rings (SSSR count). The van der Waals surface area contributed by atoms with E-state index in [9.17, 15) is 0 Å². The van der Waals surface area contributed by atoms with Crippen LogP contribution in [-0.2, 0) is 0 Å². The maximum absolute atomic E-state index is 8.97. The van der Waals surface area contributed by atoms with Gasteiger partial charge >= 0.3 is 0 Å². The van der Waals surface area contributed by atoms with E-state index in [0.717, 1.165) is 44.8 Å². The van der Waals surface area contributed by atoms with Gasteiger partial charge in [-0.15, -0.1) is 0 Å². The fraction of sp³-hybridized carbons (Fsp3) is 0.500. The Morgan fingerprint density at radius 2 is 2.11 bits per heavy atom. The molecule has 4 nitrogen and oxygen atoms in total. The van der Waals surface area contributed by atoms with Gasteiger partial charge in [0.2, 0.25) is 0 Å². The van der Waals surface area contributed by atoms with E-state index in [0.29, 0.717) is 5.56 Å². The molecule has 1 aliphatic rings. The van der Waals surface area contributed by atoms with Crippen LogP contribution in [0.15, 0.2) is 24.3 Å². The van der Waals surface area contributed by atoms with Crippen LogP contribution in [0.1, 0.15) is 12.0 Å². The largest absolute Gasteiger partial charge is 0.395 e. The van der Waals surface area contributed by atoms with Crippen molar-refractivity contribution in [3.8, 4) is 6.07 Å². The molecule has 1 N–H and O–H groups in total. The van der Waals surface area contributed by atoms with Crippen molar-refractivity contribution in [3.63, 3.8) is 0 Å². The zero-order valence-corrected chi connectivity index (χ0v) is 10.5. The van der Waals surface area contributed by atoms with Crippen molar-refractivity contribution >= 4 is 5.69 Å². The first-order valence-corrected chi connectivity index (χ1v) is 6.42. The smallest absolute Gasteiger partial charge is 0.0992 e. The molecule has 0 unspecified atom stereocenters.